The summed E-state index contributed by atoms with van der Waals surface area (Å²) < 4.78 is 11.4. The van der Waals surface area contributed by atoms with Crippen LogP contribution in [0.3, 0.4) is 0 Å². The number of aromatic nitrogens is 2. The van der Waals surface area contributed by atoms with Crippen LogP contribution < -0.4 is 4.74 Å². The monoisotopic (exact) mass is 392 g/mol. The molecule has 1 atom stereocenters. The van der Waals surface area contributed by atoms with Crippen LogP contribution in [0, 0.1) is 6.92 Å². The molecule has 148 valence electrons. The number of hydrogen-bond acceptors (Lipinski definition) is 8. The molecule has 8 heteroatoms. The first-order valence-corrected chi connectivity index (χ1v) is 10.4. The van der Waals surface area contributed by atoms with Gasteiger partial charge in [0, 0.05) is 50.2 Å². The van der Waals surface area contributed by atoms with Crippen LogP contribution >= 0.6 is 11.8 Å². The quantitative estimate of drug-likeness (QED) is 0.692. The summed E-state index contributed by atoms with van der Waals surface area (Å²) in [6.07, 6.45) is -0.486. The number of aliphatic hydroxyl groups is 1. The molecule has 1 aliphatic rings. The number of aryl methyl sites for hydroxylation is 1. The lowest BCUT2D eigenvalue weighted by molar-refractivity contribution is 0.0708. The molecule has 3 rings (SSSR count). The average Bonchev–Trinajstić information content (AvgIpc) is 3.06. The number of ether oxygens (including phenoxy) is 1. The average molecular weight is 393 g/mol. The molecule has 0 amide bonds. The van der Waals surface area contributed by atoms with Gasteiger partial charge in [0.1, 0.15) is 18.5 Å². The van der Waals surface area contributed by atoms with E-state index in [-0.39, 0.29) is 0 Å². The third kappa shape index (κ3) is 6.49. The highest BCUT2D eigenvalue weighted by Gasteiger charge is 2.16. The van der Waals surface area contributed by atoms with Crippen molar-refractivity contribution >= 4 is 11.8 Å². The van der Waals surface area contributed by atoms with E-state index in [1.165, 1.54) is 0 Å². The zero-order valence-corrected chi connectivity index (χ0v) is 16.8. The standard InChI is InChI=1S/C19H28N4O3S/c1-15-20-21-19(26-15)13-22(2)11-16-5-3-4-6-18(16)25-14-17(24)12-23-7-9-27-10-8-23/h3-6,17,24H,7-14H2,1-2H3/t17-/m0/s1. The first-order valence-electron chi connectivity index (χ1n) is 9.26. The molecule has 1 saturated heterocycles. The predicted molar refractivity (Wildman–Crippen MR) is 106 cm³/mol. The van der Waals surface area contributed by atoms with Gasteiger partial charge in [0.2, 0.25) is 11.8 Å². The zero-order valence-electron chi connectivity index (χ0n) is 16.0. The Labute approximate surface area is 164 Å². The molecule has 2 aromatic rings. The van der Waals surface area contributed by atoms with Crippen LogP contribution in [-0.4, -0.2) is 76.0 Å². The summed E-state index contributed by atoms with van der Waals surface area (Å²) in [6.45, 7) is 6.10. The molecule has 0 bridgehead atoms. The molecular weight excluding hydrogens is 364 g/mol. The number of benzene rings is 1. The normalized spacial score (nSPS) is 16.6. The molecule has 0 spiro atoms. The summed E-state index contributed by atoms with van der Waals surface area (Å²) in [5.41, 5.74) is 1.07. The first kappa shape index (κ1) is 20.1. The minimum atomic E-state index is -0.486. The molecular formula is C19H28N4O3S. The maximum atomic E-state index is 10.3. The number of hydrogen-bond donors (Lipinski definition) is 1. The van der Waals surface area contributed by atoms with Gasteiger partial charge < -0.3 is 14.3 Å². The molecule has 1 aliphatic heterocycles. The van der Waals surface area contributed by atoms with Crippen LogP contribution in [0.2, 0.25) is 0 Å². The zero-order chi connectivity index (χ0) is 19.1. The molecule has 2 heterocycles. The van der Waals surface area contributed by atoms with Crippen molar-refractivity contribution in [1.82, 2.24) is 20.0 Å². The Bertz CT molecular complexity index is 706. The number of thioether (sulfide) groups is 1. The Kier molecular flexibility index (Phi) is 7.51. The van der Waals surface area contributed by atoms with Gasteiger partial charge in [-0.3, -0.25) is 9.80 Å². The molecule has 0 unspecified atom stereocenters. The van der Waals surface area contributed by atoms with Crippen molar-refractivity contribution in [3.05, 3.63) is 41.6 Å². The Morgan fingerprint density at radius 3 is 2.78 bits per heavy atom. The van der Waals surface area contributed by atoms with Gasteiger partial charge in [0.25, 0.3) is 0 Å². The second-order valence-corrected chi connectivity index (χ2v) is 8.10. The maximum absolute atomic E-state index is 10.3. The minimum Gasteiger partial charge on any atom is -0.491 e. The summed E-state index contributed by atoms with van der Waals surface area (Å²) in [5, 5.41) is 18.2. The van der Waals surface area contributed by atoms with Gasteiger partial charge in [-0.1, -0.05) is 18.2 Å². The molecule has 1 aromatic carbocycles. The Balaban J connectivity index is 1.50. The van der Waals surface area contributed by atoms with Gasteiger partial charge in [0.15, 0.2) is 0 Å². The lowest BCUT2D eigenvalue weighted by atomic mass is 10.2. The van der Waals surface area contributed by atoms with E-state index in [2.05, 4.69) is 20.0 Å². The molecule has 1 N–H and O–H groups in total. The highest BCUT2D eigenvalue weighted by atomic mass is 32.2. The first-order chi connectivity index (χ1) is 13.1. The fourth-order valence-corrected chi connectivity index (χ4v) is 4.05. The fourth-order valence-electron chi connectivity index (χ4n) is 3.07. The predicted octanol–water partition coefficient (Wildman–Crippen LogP) is 1.80. The molecule has 0 saturated carbocycles. The van der Waals surface area contributed by atoms with Crippen molar-refractivity contribution in [3.8, 4) is 5.75 Å². The van der Waals surface area contributed by atoms with E-state index in [9.17, 15) is 5.11 Å². The number of nitrogens with zero attached hydrogens (tertiary/aromatic N) is 4. The van der Waals surface area contributed by atoms with Crippen LogP contribution in [0.5, 0.6) is 5.75 Å². The second kappa shape index (κ2) is 10.1. The molecule has 0 aliphatic carbocycles. The maximum Gasteiger partial charge on any atom is 0.230 e. The Morgan fingerprint density at radius 1 is 1.26 bits per heavy atom. The minimum absolute atomic E-state index is 0.299. The smallest absolute Gasteiger partial charge is 0.230 e. The number of rotatable bonds is 9. The Morgan fingerprint density at radius 2 is 2.04 bits per heavy atom. The van der Waals surface area contributed by atoms with Gasteiger partial charge in [-0.15, -0.1) is 10.2 Å². The van der Waals surface area contributed by atoms with Crippen LogP contribution in [-0.2, 0) is 13.1 Å². The molecule has 27 heavy (non-hydrogen) atoms. The molecule has 1 aromatic heterocycles. The summed E-state index contributed by atoms with van der Waals surface area (Å²) in [6, 6.07) is 7.94. The lowest BCUT2D eigenvalue weighted by Crippen LogP contribution is -2.40. The number of aliphatic hydroxyl groups excluding tert-OH is 1. The third-order valence-electron chi connectivity index (χ3n) is 4.39. The van der Waals surface area contributed by atoms with Crippen molar-refractivity contribution < 1.29 is 14.3 Å². The van der Waals surface area contributed by atoms with Gasteiger partial charge in [-0.05, 0) is 13.1 Å². The van der Waals surface area contributed by atoms with E-state index in [1.807, 2.05) is 43.1 Å². The Hall–Kier alpha value is -1.61. The third-order valence-corrected chi connectivity index (χ3v) is 5.33. The van der Waals surface area contributed by atoms with Crippen molar-refractivity contribution in [1.29, 1.82) is 0 Å². The van der Waals surface area contributed by atoms with Crippen molar-refractivity contribution in [2.24, 2.45) is 0 Å². The van der Waals surface area contributed by atoms with Gasteiger partial charge in [-0.25, -0.2) is 0 Å². The van der Waals surface area contributed by atoms with Crippen molar-refractivity contribution in [2.75, 3.05) is 44.8 Å². The second-order valence-electron chi connectivity index (χ2n) is 6.87. The van der Waals surface area contributed by atoms with Gasteiger partial charge >= 0.3 is 0 Å². The summed E-state index contributed by atoms with van der Waals surface area (Å²) in [4.78, 5) is 4.40. The highest BCUT2D eigenvalue weighted by molar-refractivity contribution is 7.99. The van der Waals surface area contributed by atoms with E-state index < -0.39 is 6.10 Å². The van der Waals surface area contributed by atoms with Gasteiger partial charge in [0.05, 0.1) is 6.54 Å². The lowest BCUT2D eigenvalue weighted by Gasteiger charge is -2.28. The number of β-amino-alcohol motifs (C(OH)–C–C–N with tert-alkyl or cyclic N) is 1. The van der Waals surface area contributed by atoms with E-state index in [0.717, 1.165) is 35.9 Å². The van der Waals surface area contributed by atoms with E-state index in [4.69, 9.17) is 9.15 Å². The van der Waals surface area contributed by atoms with Crippen LogP contribution in [0.1, 0.15) is 17.3 Å². The van der Waals surface area contributed by atoms with Crippen LogP contribution in [0.4, 0.5) is 0 Å². The van der Waals surface area contributed by atoms with E-state index >= 15 is 0 Å². The topological polar surface area (TPSA) is 74.9 Å². The van der Waals surface area contributed by atoms with E-state index in [0.29, 0.717) is 38.0 Å². The van der Waals surface area contributed by atoms with Crippen molar-refractivity contribution in [3.63, 3.8) is 0 Å². The summed E-state index contributed by atoms with van der Waals surface area (Å²) >= 11 is 1.97. The highest BCUT2D eigenvalue weighted by Crippen LogP contribution is 2.20. The fraction of sp³-hybridized carbons (Fsp3) is 0.579. The molecule has 0 radical (unpaired) electrons. The van der Waals surface area contributed by atoms with Crippen molar-refractivity contribution in [2.45, 2.75) is 26.1 Å². The summed E-state index contributed by atoms with van der Waals surface area (Å²) in [5.74, 6) is 4.26. The van der Waals surface area contributed by atoms with Gasteiger partial charge in [-0.2, -0.15) is 11.8 Å². The largest absolute Gasteiger partial charge is 0.491 e. The van der Waals surface area contributed by atoms with E-state index in [1.54, 1.807) is 6.92 Å². The molecule has 7 nitrogen and oxygen atoms in total. The molecule has 1 fully saturated rings. The van der Waals surface area contributed by atoms with Crippen LogP contribution in [0.25, 0.3) is 0 Å². The SMILES string of the molecule is Cc1nnc(CN(C)Cc2ccccc2OC[C@@H](O)CN2CCSCC2)o1. The number of para-hydroxylation sites is 1. The summed E-state index contributed by atoms with van der Waals surface area (Å²) in [7, 11) is 2.00. The van der Waals surface area contributed by atoms with Crippen LogP contribution in [0.15, 0.2) is 28.7 Å².